The molecule has 1 aromatic carbocycles. The first kappa shape index (κ1) is 17.3. The minimum Gasteiger partial charge on any atom is -0.344 e. The zero-order chi connectivity index (χ0) is 17.0. The number of aryl methyl sites for hydroxylation is 2. The highest BCUT2D eigenvalue weighted by atomic mass is 16.2. The Balaban J connectivity index is 1.81. The quantitative estimate of drug-likeness (QED) is 0.894. The second kappa shape index (κ2) is 7.49. The third kappa shape index (κ3) is 5.27. The van der Waals surface area contributed by atoms with E-state index in [0.29, 0.717) is 19.4 Å². The molecule has 0 spiro atoms. The first-order chi connectivity index (χ1) is 10.8. The van der Waals surface area contributed by atoms with E-state index in [2.05, 4.69) is 42.7 Å². The van der Waals surface area contributed by atoms with Gasteiger partial charge in [0, 0.05) is 32.1 Å². The molecule has 23 heavy (non-hydrogen) atoms. The molecule has 0 radical (unpaired) electrons. The van der Waals surface area contributed by atoms with Crippen molar-refractivity contribution in [3.05, 3.63) is 34.9 Å². The number of amides is 3. The number of rotatable bonds is 4. The minimum absolute atomic E-state index is 0.0334. The van der Waals surface area contributed by atoms with Gasteiger partial charge in [0.15, 0.2) is 0 Å². The highest BCUT2D eigenvalue weighted by molar-refractivity contribution is 5.78. The van der Waals surface area contributed by atoms with E-state index in [9.17, 15) is 9.59 Å². The van der Waals surface area contributed by atoms with Gasteiger partial charge in [0.1, 0.15) is 0 Å². The van der Waals surface area contributed by atoms with Crippen molar-refractivity contribution in [3.8, 4) is 0 Å². The lowest BCUT2D eigenvalue weighted by Crippen LogP contribution is -2.52. The van der Waals surface area contributed by atoms with Crippen LogP contribution >= 0.6 is 0 Å². The molecule has 2 rings (SSSR count). The standard InChI is InChI=1S/C18H27N3O2/c1-12-7-13(2)9-15(8-12)10-14(3)19-18(23)20-16-5-6-17(22)21(4)11-16/h7-9,14,16H,5-6,10-11H2,1-4H3,(H2,19,20,23)/t14-,16-/m1/s1. The first-order valence-corrected chi connectivity index (χ1v) is 8.21. The molecule has 0 aromatic heterocycles. The molecule has 0 aliphatic carbocycles. The van der Waals surface area contributed by atoms with E-state index in [4.69, 9.17) is 0 Å². The van der Waals surface area contributed by atoms with Crippen molar-refractivity contribution in [2.75, 3.05) is 13.6 Å². The fraction of sp³-hybridized carbons (Fsp3) is 0.556. The maximum atomic E-state index is 12.1. The number of urea groups is 1. The molecule has 5 heteroatoms. The maximum Gasteiger partial charge on any atom is 0.315 e. The number of nitrogens with one attached hydrogen (secondary N) is 2. The molecule has 1 fully saturated rings. The van der Waals surface area contributed by atoms with Crippen LogP contribution in [0.1, 0.15) is 36.5 Å². The zero-order valence-electron chi connectivity index (χ0n) is 14.5. The predicted octanol–water partition coefficient (Wildman–Crippen LogP) is 2.15. The molecule has 2 N–H and O–H groups in total. The molecule has 0 saturated carbocycles. The normalized spacial score (nSPS) is 19.4. The summed E-state index contributed by atoms with van der Waals surface area (Å²) >= 11 is 0. The average Bonchev–Trinajstić information content (AvgIpc) is 2.41. The summed E-state index contributed by atoms with van der Waals surface area (Å²) < 4.78 is 0. The van der Waals surface area contributed by atoms with Gasteiger partial charge in [-0.3, -0.25) is 4.79 Å². The molecule has 3 amide bonds. The summed E-state index contributed by atoms with van der Waals surface area (Å²) in [7, 11) is 1.77. The number of carbonyl (C=O) groups excluding carboxylic acids is 2. The van der Waals surface area contributed by atoms with Crippen LogP contribution in [0.15, 0.2) is 18.2 Å². The van der Waals surface area contributed by atoms with Crippen molar-refractivity contribution in [1.29, 1.82) is 0 Å². The summed E-state index contributed by atoms with van der Waals surface area (Å²) in [4.78, 5) is 25.2. The predicted molar refractivity (Wildman–Crippen MR) is 91.4 cm³/mol. The van der Waals surface area contributed by atoms with Crippen molar-refractivity contribution in [2.24, 2.45) is 0 Å². The lowest BCUT2D eigenvalue weighted by molar-refractivity contribution is -0.132. The van der Waals surface area contributed by atoms with Gasteiger partial charge in [-0.05, 0) is 39.2 Å². The fourth-order valence-corrected chi connectivity index (χ4v) is 3.17. The van der Waals surface area contributed by atoms with Crippen LogP contribution in [0.4, 0.5) is 4.79 Å². The number of piperidine rings is 1. The SMILES string of the molecule is Cc1cc(C)cc(C[C@@H](C)NC(=O)N[C@@H]2CCC(=O)N(C)C2)c1. The Hall–Kier alpha value is -2.04. The Labute approximate surface area is 138 Å². The van der Waals surface area contributed by atoms with Gasteiger partial charge in [-0.15, -0.1) is 0 Å². The fourth-order valence-electron chi connectivity index (χ4n) is 3.17. The van der Waals surface area contributed by atoms with Crippen LogP contribution in [-0.2, 0) is 11.2 Å². The van der Waals surface area contributed by atoms with E-state index in [0.717, 1.165) is 6.42 Å². The molecule has 1 saturated heterocycles. The second-order valence-corrected chi connectivity index (χ2v) is 6.73. The van der Waals surface area contributed by atoms with Gasteiger partial charge in [-0.1, -0.05) is 29.3 Å². The van der Waals surface area contributed by atoms with Gasteiger partial charge >= 0.3 is 6.03 Å². The number of likely N-dealkylation sites (N-methyl/N-ethyl adjacent to an activating group) is 1. The van der Waals surface area contributed by atoms with Crippen LogP contribution in [-0.4, -0.2) is 42.5 Å². The summed E-state index contributed by atoms with van der Waals surface area (Å²) in [5.41, 5.74) is 3.72. The summed E-state index contributed by atoms with van der Waals surface area (Å²) in [5.74, 6) is 0.145. The molecule has 126 valence electrons. The van der Waals surface area contributed by atoms with Crippen molar-refractivity contribution in [2.45, 2.75) is 52.1 Å². The van der Waals surface area contributed by atoms with E-state index in [1.807, 2.05) is 6.92 Å². The first-order valence-electron chi connectivity index (χ1n) is 8.21. The van der Waals surface area contributed by atoms with Crippen LogP contribution in [0.5, 0.6) is 0 Å². The third-order valence-electron chi connectivity index (χ3n) is 4.16. The van der Waals surface area contributed by atoms with Crippen molar-refractivity contribution < 1.29 is 9.59 Å². The van der Waals surface area contributed by atoms with Crippen LogP contribution < -0.4 is 10.6 Å². The number of benzene rings is 1. The van der Waals surface area contributed by atoms with E-state index >= 15 is 0 Å². The Kier molecular flexibility index (Phi) is 5.64. The van der Waals surface area contributed by atoms with Crippen molar-refractivity contribution in [1.82, 2.24) is 15.5 Å². The molecule has 0 bridgehead atoms. The van der Waals surface area contributed by atoms with E-state index in [1.54, 1.807) is 11.9 Å². The molecule has 5 nitrogen and oxygen atoms in total. The van der Waals surface area contributed by atoms with Crippen molar-refractivity contribution in [3.63, 3.8) is 0 Å². The third-order valence-corrected chi connectivity index (χ3v) is 4.16. The number of nitrogens with zero attached hydrogens (tertiary/aromatic N) is 1. The summed E-state index contributed by atoms with van der Waals surface area (Å²) in [6.45, 7) is 6.76. The summed E-state index contributed by atoms with van der Waals surface area (Å²) in [6, 6.07) is 6.39. The lowest BCUT2D eigenvalue weighted by atomic mass is 10.0. The van der Waals surface area contributed by atoms with Gasteiger partial charge in [-0.25, -0.2) is 4.79 Å². The zero-order valence-corrected chi connectivity index (χ0v) is 14.5. The monoisotopic (exact) mass is 317 g/mol. The highest BCUT2D eigenvalue weighted by Gasteiger charge is 2.24. The van der Waals surface area contributed by atoms with Crippen molar-refractivity contribution >= 4 is 11.9 Å². The molecule has 1 aliphatic heterocycles. The van der Waals surface area contributed by atoms with Gasteiger partial charge in [0.05, 0.1) is 0 Å². The van der Waals surface area contributed by atoms with Gasteiger partial charge in [0.2, 0.25) is 5.91 Å². The number of hydrogen-bond donors (Lipinski definition) is 2. The van der Waals surface area contributed by atoms with Gasteiger partial charge in [-0.2, -0.15) is 0 Å². The Morgan fingerprint density at radius 3 is 2.57 bits per heavy atom. The van der Waals surface area contributed by atoms with E-state index in [-0.39, 0.29) is 24.0 Å². The largest absolute Gasteiger partial charge is 0.344 e. The van der Waals surface area contributed by atoms with E-state index in [1.165, 1.54) is 16.7 Å². The van der Waals surface area contributed by atoms with Crippen LogP contribution in [0.2, 0.25) is 0 Å². The smallest absolute Gasteiger partial charge is 0.315 e. The van der Waals surface area contributed by atoms with Crippen LogP contribution in [0, 0.1) is 13.8 Å². The topological polar surface area (TPSA) is 61.4 Å². The number of likely N-dealkylation sites (tertiary alicyclic amines) is 1. The van der Waals surface area contributed by atoms with Gasteiger partial charge in [0.25, 0.3) is 0 Å². The summed E-state index contributed by atoms with van der Waals surface area (Å²) in [5, 5.41) is 5.95. The molecular formula is C18H27N3O2. The van der Waals surface area contributed by atoms with Gasteiger partial charge < -0.3 is 15.5 Å². The number of carbonyl (C=O) groups is 2. The minimum atomic E-state index is -0.158. The molecule has 2 atom stereocenters. The lowest BCUT2D eigenvalue weighted by Gasteiger charge is -2.30. The maximum absolute atomic E-state index is 12.1. The Morgan fingerprint density at radius 1 is 1.30 bits per heavy atom. The van der Waals surface area contributed by atoms with E-state index < -0.39 is 0 Å². The Bertz CT molecular complexity index is 565. The van der Waals surface area contributed by atoms with Crippen LogP contribution in [0.25, 0.3) is 0 Å². The second-order valence-electron chi connectivity index (χ2n) is 6.73. The number of hydrogen-bond acceptors (Lipinski definition) is 2. The molecule has 1 aromatic rings. The summed E-state index contributed by atoms with van der Waals surface area (Å²) in [6.07, 6.45) is 2.01. The molecular weight excluding hydrogens is 290 g/mol. The molecule has 0 unspecified atom stereocenters. The molecule has 1 aliphatic rings. The molecule has 1 heterocycles. The Morgan fingerprint density at radius 2 is 1.96 bits per heavy atom. The highest BCUT2D eigenvalue weighted by Crippen LogP contribution is 2.11. The van der Waals surface area contributed by atoms with Crippen LogP contribution in [0.3, 0.4) is 0 Å². The average molecular weight is 317 g/mol.